The third-order valence-electron chi connectivity index (χ3n) is 6.29. The first-order chi connectivity index (χ1) is 18.9. The van der Waals surface area contributed by atoms with E-state index in [1.165, 1.54) is 0 Å². The predicted molar refractivity (Wildman–Crippen MR) is 160 cm³/mol. The Morgan fingerprint density at radius 2 is 0.872 bits per heavy atom. The van der Waals surface area contributed by atoms with Crippen molar-refractivity contribution in [1.82, 2.24) is 10.6 Å². The summed E-state index contributed by atoms with van der Waals surface area (Å²) in [6.45, 7) is 1.10. The molecule has 0 unspecified atom stereocenters. The molecule has 0 spiro atoms. The number of rotatable bonds is 8. The summed E-state index contributed by atoms with van der Waals surface area (Å²) < 4.78 is 6.13. The molecule has 0 fully saturated rings. The Kier molecular flexibility index (Phi) is 8.11. The average molecular weight is 553 g/mol. The normalized spacial score (nSPS) is 10.7. The van der Waals surface area contributed by atoms with Crippen molar-refractivity contribution in [3.05, 3.63) is 141 Å². The maximum atomic E-state index is 8.35. The van der Waals surface area contributed by atoms with Crippen LogP contribution in [0.15, 0.2) is 114 Å². The Hall–Kier alpha value is -4.32. The highest BCUT2D eigenvalue weighted by molar-refractivity contribution is 6.30. The Morgan fingerprint density at radius 3 is 1.23 bits per heavy atom. The van der Waals surface area contributed by atoms with Crippen molar-refractivity contribution < 1.29 is 4.42 Å². The molecule has 0 aliphatic carbocycles. The number of hydrogen-bond acceptors (Lipinski definition) is 3. The summed E-state index contributed by atoms with van der Waals surface area (Å²) in [7, 11) is 0. The maximum absolute atomic E-state index is 8.35. The Labute approximate surface area is 237 Å². The van der Waals surface area contributed by atoms with Gasteiger partial charge in [-0.1, -0.05) is 96.0 Å². The van der Waals surface area contributed by atoms with Crippen molar-refractivity contribution in [2.45, 2.75) is 13.1 Å². The molecule has 0 atom stereocenters. The molecule has 194 valence electrons. The van der Waals surface area contributed by atoms with Crippen molar-refractivity contribution in [3.63, 3.8) is 0 Å². The smallest absolute Gasteiger partial charge is 0.134 e. The zero-order valence-corrected chi connectivity index (χ0v) is 22.5. The molecule has 0 saturated heterocycles. The number of furan rings is 1. The van der Waals surface area contributed by atoms with Crippen LogP contribution in [0, 0.1) is 10.8 Å². The Balaban J connectivity index is 1.18. The lowest BCUT2D eigenvalue weighted by molar-refractivity contribution is 0.597. The summed E-state index contributed by atoms with van der Waals surface area (Å²) in [4.78, 5) is 0. The van der Waals surface area contributed by atoms with Crippen molar-refractivity contribution in [1.29, 1.82) is 10.8 Å². The van der Waals surface area contributed by atoms with Gasteiger partial charge in [0.15, 0.2) is 0 Å². The SMILES string of the molecule is N=C(NCc1ccc(Cl)cc1)c1ccc(-c2ccc(-c3ccc(C(=N)NCc4ccc(Cl)cc4)cc3)o2)cc1. The zero-order valence-electron chi connectivity index (χ0n) is 21.0. The van der Waals surface area contributed by atoms with Gasteiger partial charge in [0.2, 0.25) is 0 Å². The fourth-order valence-electron chi connectivity index (χ4n) is 4.04. The van der Waals surface area contributed by atoms with Gasteiger partial charge in [-0.05, 0) is 47.5 Å². The first kappa shape index (κ1) is 26.3. The van der Waals surface area contributed by atoms with E-state index in [4.69, 9.17) is 38.4 Å². The summed E-state index contributed by atoms with van der Waals surface area (Å²) in [6.07, 6.45) is 0. The second kappa shape index (κ2) is 12.0. The average Bonchev–Trinajstić information content (AvgIpc) is 3.47. The Morgan fingerprint density at radius 1 is 0.513 bits per heavy atom. The number of hydrogen-bond donors (Lipinski definition) is 4. The van der Waals surface area contributed by atoms with E-state index in [0.29, 0.717) is 34.8 Å². The lowest BCUT2D eigenvalue weighted by Gasteiger charge is -2.09. The first-order valence-corrected chi connectivity index (χ1v) is 13.2. The second-order valence-corrected chi connectivity index (χ2v) is 9.90. The molecule has 0 radical (unpaired) electrons. The van der Waals surface area contributed by atoms with E-state index >= 15 is 0 Å². The fourth-order valence-corrected chi connectivity index (χ4v) is 4.29. The fraction of sp³-hybridized carbons (Fsp3) is 0.0625. The highest BCUT2D eigenvalue weighted by Crippen LogP contribution is 2.29. The molecule has 7 heteroatoms. The van der Waals surface area contributed by atoms with Crippen LogP contribution >= 0.6 is 23.2 Å². The summed E-state index contributed by atoms with van der Waals surface area (Å²) >= 11 is 11.9. The van der Waals surface area contributed by atoms with E-state index in [1.807, 2.05) is 109 Å². The van der Waals surface area contributed by atoms with E-state index < -0.39 is 0 Å². The molecule has 0 saturated carbocycles. The number of amidine groups is 2. The minimum Gasteiger partial charge on any atom is -0.456 e. The van der Waals surface area contributed by atoms with Gasteiger partial charge in [-0.2, -0.15) is 0 Å². The van der Waals surface area contributed by atoms with Gasteiger partial charge in [-0.3, -0.25) is 10.8 Å². The van der Waals surface area contributed by atoms with Gasteiger partial charge in [0.05, 0.1) is 0 Å². The lowest BCUT2D eigenvalue weighted by Crippen LogP contribution is -2.22. The minimum absolute atomic E-state index is 0.352. The molecule has 1 heterocycles. The van der Waals surface area contributed by atoms with Crippen molar-refractivity contribution in [2.75, 3.05) is 0 Å². The molecule has 4 aromatic carbocycles. The molecular formula is C32H26Cl2N4O. The van der Waals surface area contributed by atoms with E-state index in [2.05, 4.69) is 10.6 Å². The highest BCUT2D eigenvalue weighted by Gasteiger charge is 2.10. The predicted octanol–water partition coefficient (Wildman–Crippen LogP) is 8.15. The lowest BCUT2D eigenvalue weighted by atomic mass is 10.1. The van der Waals surface area contributed by atoms with Gasteiger partial charge < -0.3 is 15.1 Å². The van der Waals surface area contributed by atoms with Crippen LogP contribution in [0.4, 0.5) is 0 Å². The van der Waals surface area contributed by atoms with Crippen LogP contribution in [0.2, 0.25) is 10.0 Å². The molecule has 0 bridgehead atoms. The minimum atomic E-state index is 0.352. The molecule has 0 amide bonds. The molecule has 5 rings (SSSR count). The molecule has 4 N–H and O–H groups in total. The third-order valence-corrected chi connectivity index (χ3v) is 6.79. The quantitative estimate of drug-likeness (QED) is 0.116. The first-order valence-electron chi connectivity index (χ1n) is 12.4. The molecule has 5 aromatic rings. The van der Waals surface area contributed by atoms with Crippen LogP contribution in [0.1, 0.15) is 22.3 Å². The van der Waals surface area contributed by atoms with E-state index in [0.717, 1.165) is 44.9 Å². The second-order valence-electron chi connectivity index (χ2n) is 9.03. The van der Waals surface area contributed by atoms with Crippen LogP contribution in [0.3, 0.4) is 0 Å². The van der Waals surface area contributed by atoms with Gasteiger partial charge >= 0.3 is 0 Å². The van der Waals surface area contributed by atoms with Gasteiger partial charge in [-0.15, -0.1) is 0 Å². The third kappa shape index (κ3) is 6.77. The maximum Gasteiger partial charge on any atom is 0.134 e. The number of benzene rings is 4. The number of halogens is 2. The van der Waals surface area contributed by atoms with E-state index in [-0.39, 0.29) is 0 Å². The van der Waals surface area contributed by atoms with Crippen LogP contribution in [-0.2, 0) is 13.1 Å². The van der Waals surface area contributed by atoms with Crippen LogP contribution in [0.25, 0.3) is 22.6 Å². The molecule has 39 heavy (non-hydrogen) atoms. The van der Waals surface area contributed by atoms with Gasteiger partial charge in [0.25, 0.3) is 0 Å². The highest BCUT2D eigenvalue weighted by atomic mass is 35.5. The van der Waals surface area contributed by atoms with Crippen molar-refractivity contribution >= 4 is 34.9 Å². The summed E-state index contributed by atoms with van der Waals surface area (Å²) in [5.41, 5.74) is 5.57. The van der Waals surface area contributed by atoms with Gasteiger partial charge in [0, 0.05) is 45.4 Å². The standard InChI is InChI=1S/C32H26Cl2N4O/c33-27-13-1-21(2-14-27)19-37-31(35)25-9-5-23(6-10-25)29-17-18-30(39-29)24-7-11-26(12-8-24)32(36)38-20-22-3-15-28(34)16-4-22/h1-18H,19-20H2,(H2,35,37)(H2,36,38). The van der Waals surface area contributed by atoms with E-state index in [1.54, 1.807) is 0 Å². The van der Waals surface area contributed by atoms with Gasteiger partial charge in [-0.25, -0.2) is 0 Å². The van der Waals surface area contributed by atoms with Crippen molar-refractivity contribution in [3.8, 4) is 22.6 Å². The molecule has 0 aliphatic heterocycles. The zero-order chi connectivity index (χ0) is 27.2. The van der Waals surface area contributed by atoms with E-state index in [9.17, 15) is 0 Å². The Bertz CT molecular complexity index is 1450. The number of nitrogens with one attached hydrogen (secondary N) is 4. The summed E-state index contributed by atoms with van der Waals surface area (Å²) in [6, 6.07) is 34.5. The van der Waals surface area contributed by atoms with Crippen LogP contribution in [0.5, 0.6) is 0 Å². The van der Waals surface area contributed by atoms with Crippen LogP contribution in [-0.4, -0.2) is 11.7 Å². The van der Waals surface area contributed by atoms with Gasteiger partial charge in [0.1, 0.15) is 23.2 Å². The summed E-state index contributed by atoms with van der Waals surface area (Å²) in [5.74, 6) is 2.20. The molecule has 5 nitrogen and oxygen atoms in total. The molecule has 0 aliphatic rings. The largest absolute Gasteiger partial charge is 0.456 e. The molecule has 1 aromatic heterocycles. The molecular weight excluding hydrogens is 527 g/mol. The monoisotopic (exact) mass is 552 g/mol. The van der Waals surface area contributed by atoms with Crippen molar-refractivity contribution in [2.24, 2.45) is 0 Å². The van der Waals surface area contributed by atoms with Crippen LogP contribution < -0.4 is 10.6 Å². The summed E-state index contributed by atoms with van der Waals surface area (Å²) in [5, 5.41) is 24.4. The topological polar surface area (TPSA) is 84.9 Å².